The third-order valence-electron chi connectivity index (χ3n) is 4.81. The molecule has 0 amide bonds. The summed E-state index contributed by atoms with van der Waals surface area (Å²) in [6.07, 6.45) is 2.93. The number of hydrogen-bond acceptors (Lipinski definition) is 7. The molecule has 132 valence electrons. The van der Waals surface area contributed by atoms with Gasteiger partial charge in [-0.25, -0.2) is 0 Å². The highest BCUT2D eigenvalue weighted by molar-refractivity contribution is 6.00. The van der Waals surface area contributed by atoms with Crippen molar-refractivity contribution in [3.63, 3.8) is 0 Å². The minimum absolute atomic E-state index is 0.0452. The van der Waals surface area contributed by atoms with Gasteiger partial charge in [-0.1, -0.05) is 0 Å². The van der Waals surface area contributed by atoms with Crippen LogP contribution in [0.3, 0.4) is 0 Å². The Morgan fingerprint density at radius 3 is 2.65 bits per heavy atom. The molecule has 0 unspecified atom stereocenters. The molecular formula is C19H14O7. The van der Waals surface area contributed by atoms with Gasteiger partial charge in [-0.3, -0.25) is 4.79 Å². The number of phenols is 1. The first-order chi connectivity index (χ1) is 12.6. The highest BCUT2D eigenvalue weighted by Gasteiger charge is 2.41. The number of rotatable bonds is 2. The van der Waals surface area contributed by atoms with Crippen molar-refractivity contribution in [3.8, 4) is 23.0 Å². The molecule has 1 aromatic heterocycles. The summed E-state index contributed by atoms with van der Waals surface area (Å²) in [4.78, 5) is 13.2. The molecule has 5 rings (SSSR count). The van der Waals surface area contributed by atoms with Crippen molar-refractivity contribution in [2.24, 2.45) is 0 Å². The van der Waals surface area contributed by atoms with Gasteiger partial charge in [0.05, 0.1) is 32.0 Å². The molecule has 2 aromatic carbocycles. The first-order valence-electron chi connectivity index (χ1n) is 8.00. The van der Waals surface area contributed by atoms with E-state index in [1.807, 2.05) is 6.08 Å². The van der Waals surface area contributed by atoms with Crippen LogP contribution in [0.4, 0.5) is 0 Å². The topological polar surface area (TPSA) is 87.4 Å². The first kappa shape index (κ1) is 14.9. The van der Waals surface area contributed by atoms with Gasteiger partial charge in [0.15, 0.2) is 11.3 Å². The van der Waals surface area contributed by atoms with Crippen LogP contribution < -0.4 is 19.6 Å². The van der Waals surface area contributed by atoms with Crippen molar-refractivity contribution in [1.82, 2.24) is 0 Å². The lowest BCUT2D eigenvalue weighted by molar-refractivity contribution is -0.00484. The quantitative estimate of drug-likeness (QED) is 0.708. The third-order valence-corrected chi connectivity index (χ3v) is 4.81. The summed E-state index contributed by atoms with van der Waals surface area (Å²) in [5.41, 5.74) is 0.822. The molecule has 0 aliphatic carbocycles. The zero-order valence-electron chi connectivity index (χ0n) is 13.9. The predicted molar refractivity (Wildman–Crippen MR) is 92.1 cm³/mol. The standard InChI is InChI=1S/C19H14O7/c1-22-10-4-3-9(20)14-16(21)15-11(23-2)7-12-13(18(15)26-17(10)14)8-5-6-24-19(8)25-12/h3-8,19-20H,1-2H3/t8-,19+/m0/s1. The van der Waals surface area contributed by atoms with Crippen LogP contribution in [0, 0.1) is 0 Å². The minimum Gasteiger partial charge on any atom is -0.507 e. The highest BCUT2D eigenvalue weighted by Crippen LogP contribution is 2.49. The van der Waals surface area contributed by atoms with Gasteiger partial charge in [-0.15, -0.1) is 0 Å². The molecule has 26 heavy (non-hydrogen) atoms. The van der Waals surface area contributed by atoms with Gasteiger partial charge in [0.25, 0.3) is 6.29 Å². The Morgan fingerprint density at radius 2 is 1.88 bits per heavy atom. The van der Waals surface area contributed by atoms with Gasteiger partial charge < -0.3 is 28.5 Å². The summed E-state index contributed by atoms with van der Waals surface area (Å²) < 4.78 is 28.0. The zero-order chi connectivity index (χ0) is 18.0. The van der Waals surface area contributed by atoms with Crippen molar-refractivity contribution >= 4 is 21.9 Å². The maximum absolute atomic E-state index is 13.2. The van der Waals surface area contributed by atoms with Crippen LogP contribution in [-0.4, -0.2) is 25.6 Å². The van der Waals surface area contributed by atoms with Crippen LogP contribution >= 0.6 is 0 Å². The monoisotopic (exact) mass is 354 g/mol. The van der Waals surface area contributed by atoms with Gasteiger partial charge in [0.1, 0.15) is 33.6 Å². The summed E-state index contributed by atoms with van der Waals surface area (Å²) in [5.74, 6) is 0.817. The van der Waals surface area contributed by atoms with E-state index in [9.17, 15) is 9.90 Å². The van der Waals surface area contributed by atoms with E-state index in [-0.39, 0.29) is 28.0 Å². The Hall–Kier alpha value is -3.35. The smallest absolute Gasteiger partial charge is 0.250 e. The predicted octanol–water partition coefficient (Wildman–Crippen LogP) is 3.02. The molecule has 7 heteroatoms. The fourth-order valence-electron chi connectivity index (χ4n) is 3.63. The summed E-state index contributed by atoms with van der Waals surface area (Å²) in [7, 11) is 2.93. The number of aromatic hydroxyl groups is 1. The molecule has 0 bridgehead atoms. The molecule has 0 saturated carbocycles. The second-order valence-corrected chi connectivity index (χ2v) is 6.09. The molecule has 2 atom stereocenters. The minimum atomic E-state index is -0.493. The second kappa shape index (κ2) is 5.08. The SMILES string of the molecule is COc1ccc(O)c2c(=O)c3c(OC)cc4c(c3oc12)[C@@H]1C=CO[C@@H]1O4. The molecule has 0 fully saturated rings. The first-order valence-corrected chi connectivity index (χ1v) is 8.00. The van der Waals surface area contributed by atoms with E-state index in [0.717, 1.165) is 0 Å². The fraction of sp³-hybridized carbons (Fsp3) is 0.211. The van der Waals surface area contributed by atoms with E-state index in [2.05, 4.69) is 0 Å². The Kier molecular flexibility index (Phi) is 2.92. The van der Waals surface area contributed by atoms with Gasteiger partial charge in [-0.05, 0) is 18.2 Å². The normalized spacial score (nSPS) is 19.9. The fourth-order valence-corrected chi connectivity index (χ4v) is 3.63. The molecule has 7 nitrogen and oxygen atoms in total. The average Bonchev–Trinajstić information content (AvgIpc) is 3.21. The zero-order valence-corrected chi connectivity index (χ0v) is 13.9. The summed E-state index contributed by atoms with van der Waals surface area (Å²) in [6, 6.07) is 4.59. The Balaban J connectivity index is 2.00. The summed E-state index contributed by atoms with van der Waals surface area (Å²) in [5, 5.41) is 10.5. The number of fused-ring (bicyclic) bond motifs is 6. The van der Waals surface area contributed by atoms with E-state index < -0.39 is 11.7 Å². The van der Waals surface area contributed by atoms with E-state index >= 15 is 0 Å². The molecule has 0 saturated heterocycles. The Bertz CT molecular complexity index is 1160. The molecular weight excluding hydrogens is 340 g/mol. The van der Waals surface area contributed by atoms with Crippen molar-refractivity contribution < 1.29 is 28.5 Å². The molecule has 3 heterocycles. The lowest BCUT2D eigenvalue weighted by Crippen LogP contribution is -2.14. The molecule has 2 aliphatic rings. The van der Waals surface area contributed by atoms with E-state index in [1.54, 1.807) is 18.4 Å². The molecule has 1 N–H and O–H groups in total. The number of hydrogen-bond donors (Lipinski definition) is 1. The average molecular weight is 354 g/mol. The van der Waals surface area contributed by atoms with Crippen LogP contribution in [0.1, 0.15) is 11.5 Å². The number of methoxy groups -OCH3 is 2. The second-order valence-electron chi connectivity index (χ2n) is 6.09. The highest BCUT2D eigenvalue weighted by atomic mass is 16.7. The summed E-state index contributed by atoms with van der Waals surface area (Å²) in [6.45, 7) is 0. The molecule has 3 aromatic rings. The van der Waals surface area contributed by atoms with E-state index in [0.29, 0.717) is 28.4 Å². The maximum atomic E-state index is 13.2. The lowest BCUT2D eigenvalue weighted by Gasteiger charge is -2.12. The van der Waals surface area contributed by atoms with Crippen LogP contribution in [0.25, 0.3) is 21.9 Å². The number of ether oxygens (including phenoxy) is 4. The van der Waals surface area contributed by atoms with Crippen molar-refractivity contribution in [2.75, 3.05) is 14.2 Å². The maximum Gasteiger partial charge on any atom is 0.250 e. The van der Waals surface area contributed by atoms with Crippen LogP contribution in [0.2, 0.25) is 0 Å². The largest absolute Gasteiger partial charge is 0.507 e. The third kappa shape index (κ3) is 1.74. The van der Waals surface area contributed by atoms with Gasteiger partial charge in [0, 0.05) is 6.07 Å². The van der Waals surface area contributed by atoms with Crippen molar-refractivity contribution in [2.45, 2.75) is 12.2 Å². The van der Waals surface area contributed by atoms with Gasteiger partial charge in [0.2, 0.25) is 5.43 Å². The van der Waals surface area contributed by atoms with E-state index in [1.165, 1.54) is 20.3 Å². The van der Waals surface area contributed by atoms with Crippen LogP contribution in [0.15, 0.2) is 39.7 Å². The van der Waals surface area contributed by atoms with Crippen LogP contribution in [0.5, 0.6) is 23.0 Å². The number of phenolic OH excluding ortho intramolecular Hbond substituents is 1. The number of benzene rings is 2. The van der Waals surface area contributed by atoms with Gasteiger partial charge >= 0.3 is 0 Å². The molecule has 0 radical (unpaired) electrons. The Labute approximate surface area is 146 Å². The van der Waals surface area contributed by atoms with E-state index in [4.69, 9.17) is 23.4 Å². The van der Waals surface area contributed by atoms with Crippen molar-refractivity contribution in [1.29, 1.82) is 0 Å². The van der Waals surface area contributed by atoms with Gasteiger partial charge in [-0.2, -0.15) is 0 Å². The Morgan fingerprint density at radius 1 is 1.08 bits per heavy atom. The molecule has 2 aliphatic heterocycles. The van der Waals surface area contributed by atoms with Crippen LogP contribution in [-0.2, 0) is 4.74 Å². The summed E-state index contributed by atoms with van der Waals surface area (Å²) >= 11 is 0. The van der Waals surface area contributed by atoms with Crippen molar-refractivity contribution in [3.05, 3.63) is 46.3 Å². The lowest BCUT2D eigenvalue weighted by atomic mass is 9.97. The molecule has 0 spiro atoms.